The van der Waals surface area contributed by atoms with E-state index in [0.717, 1.165) is 38.4 Å². The zero-order valence-electron chi connectivity index (χ0n) is 13.7. The lowest BCUT2D eigenvalue weighted by Crippen LogP contribution is -2.15. The summed E-state index contributed by atoms with van der Waals surface area (Å²) in [5, 5.41) is 0. The minimum Gasteiger partial charge on any atom is -0.303 e. The Balaban J connectivity index is 3.57. The lowest BCUT2D eigenvalue weighted by atomic mass is 9.94. The Morgan fingerprint density at radius 3 is 1.85 bits per heavy atom. The molecule has 0 fully saturated rings. The first-order valence-electron chi connectivity index (χ1n) is 8.74. The van der Waals surface area contributed by atoms with Gasteiger partial charge >= 0.3 is 0 Å². The third-order valence-corrected chi connectivity index (χ3v) is 3.97. The van der Waals surface area contributed by atoms with Crippen LogP contribution in [0.3, 0.4) is 0 Å². The molecule has 0 aromatic heterocycles. The molecule has 2 heteroatoms. The van der Waals surface area contributed by atoms with Crippen LogP contribution >= 0.6 is 0 Å². The van der Waals surface area contributed by atoms with E-state index in [0.29, 0.717) is 6.42 Å². The molecule has 0 aromatic rings. The molecule has 0 aromatic carbocycles. The van der Waals surface area contributed by atoms with Gasteiger partial charge in [0, 0.05) is 6.42 Å². The average molecular weight is 282 g/mol. The van der Waals surface area contributed by atoms with Gasteiger partial charge in [0.05, 0.1) is 5.92 Å². The molecule has 0 saturated heterocycles. The molecule has 1 unspecified atom stereocenters. The number of rotatable bonds is 15. The second kappa shape index (κ2) is 14.7. The maximum atomic E-state index is 11.9. The molecule has 0 amide bonds. The van der Waals surface area contributed by atoms with Crippen molar-refractivity contribution in [1.29, 1.82) is 0 Å². The Morgan fingerprint density at radius 2 is 1.30 bits per heavy atom. The van der Waals surface area contributed by atoms with Crippen LogP contribution < -0.4 is 0 Å². The largest absolute Gasteiger partial charge is 0.303 e. The quantitative estimate of drug-likeness (QED) is 0.226. The first kappa shape index (κ1) is 19.3. The molecular weight excluding hydrogens is 248 g/mol. The molecule has 118 valence electrons. The second-order valence-electron chi connectivity index (χ2n) is 5.93. The van der Waals surface area contributed by atoms with Crippen LogP contribution in [0.25, 0.3) is 0 Å². The zero-order valence-corrected chi connectivity index (χ0v) is 13.7. The van der Waals surface area contributed by atoms with E-state index >= 15 is 0 Å². The van der Waals surface area contributed by atoms with Gasteiger partial charge in [-0.25, -0.2) is 0 Å². The summed E-state index contributed by atoms with van der Waals surface area (Å²) < 4.78 is 0. The standard InChI is InChI=1S/C18H34O2/c1-3-5-7-9-10-11-13-15-18(20)17(16-19)14-12-8-6-4-2/h16-17H,3-15H2,1-2H3. The highest BCUT2D eigenvalue weighted by Gasteiger charge is 2.16. The lowest BCUT2D eigenvalue weighted by molar-refractivity contribution is -0.127. The van der Waals surface area contributed by atoms with Crippen LogP contribution in [0.15, 0.2) is 0 Å². The van der Waals surface area contributed by atoms with Crippen molar-refractivity contribution in [3.63, 3.8) is 0 Å². The van der Waals surface area contributed by atoms with Gasteiger partial charge in [0.25, 0.3) is 0 Å². The Morgan fingerprint density at radius 1 is 0.800 bits per heavy atom. The molecule has 20 heavy (non-hydrogen) atoms. The number of hydrogen-bond acceptors (Lipinski definition) is 2. The van der Waals surface area contributed by atoms with Crippen molar-refractivity contribution in [2.24, 2.45) is 5.92 Å². The van der Waals surface area contributed by atoms with Crippen LogP contribution in [0.2, 0.25) is 0 Å². The Hall–Kier alpha value is -0.660. The van der Waals surface area contributed by atoms with Gasteiger partial charge in [0.1, 0.15) is 12.1 Å². The highest BCUT2D eigenvalue weighted by molar-refractivity contribution is 5.93. The van der Waals surface area contributed by atoms with Crippen molar-refractivity contribution < 1.29 is 9.59 Å². The summed E-state index contributed by atoms with van der Waals surface area (Å²) in [4.78, 5) is 22.9. The molecular formula is C18H34O2. The van der Waals surface area contributed by atoms with Crippen LogP contribution in [0.5, 0.6) is 0 Å². The van der Waals surface area contributed by atoms with Crippen molar-refractivity contribution in [3.05, 3.63) is 0 Å². The van der Waals surface area contributed by atoms with Gasteiger partial charge in [0.2, 0.25) is 0 Å². The van der Waals surface area contributed by atoms with Crippen LogP contribution in [0.4, 0.5) is 0 Å². The summed E-state index contributed by atoms with van der Waals surface area (Å²) in [6.45, 7) is 4.39. The molecule has 0 saturated carbocycles. The second-order valence-corrected chi connectivity index (χ2v) is 5.93. The first-order chi connectivity index (χ1) is 9.76. The summed E-state index contributed by atoms with van der Waals surface area (Å²) in [6.07, 6.45) is 15.3. The van der Waals surface area contributed by atoms with Gasteiger partial charge in [-0.15, -0.1) is 0 Å². The molecule has 0 aliphatic carbocycles. The minimum absolute atomic E-state index is 0.171. The number of carbonyl (C=O) groups is 2. The van der Waals surface area contributed by atoms with Crippen LogP contribution in [-0.4, -0.2) is 12.1 Å². The smallest absolute Gasteiger partial charge is 0.143 e. The fraction of sp³-hybridized carbons (Fsp3) is 0.889. The summed E-state index contributed by atoms with van der Waals surface area (Å²) in [6, 6.07) is 0. The number of hydrogen-bond donors (Lipinski definition) is 0. The highest BCUT2D eigenvalue weighted by atomic mass is 16.1. The number of carbonyl (C=O) groups excluding carboxylic acids is 2. The molecule has 0 aliphatic heterocycles. The Kier molecular flexibility index (Phi) is 14.3. The Labute approximate surface area is 125 Å². The highest BCUT2D eigenvalue weighted by Crippen LogP contribution is 2.15. The topological polar surface area (TPSA) is 34.1 Å². The molecule has 0 rings (SSSR count). The van der Waals surface area contributed by atoms with Gasteiger partial charge in [-0.05, 0) is 12.8 Å². The van der Waals surface area contributed by atoms with Gasteiger partial charge in [0.15, 0.2) is 0 Å². The number of aldehydes is 1. The number of Topliss-reactive ketones (excluding diaryl/α,β-unsaturated/α-hetero) is 1. The van der Waals surface area contributed by atoms with Crippen LogP contribution in [0.1, 0.15) is 97.3 Å². The van der Waals surface area contributed by atoms with E-state index in [2.05, 4.69) is 13.8 Å². The monoisotopic (exact) mass is 282 g/mol. The van der Waals surface area contributed by atoms with Crippen molar-refractivity contribution in [2.75, 3.05) is 0 Å². The number of unbranched alkanes of at least 4 members (excludes halogenated alkanes) is 9. The van der Waals surface area contributed by atoms with E-state index in [4.69, 9.17) is 0 Å². The van der Waals surface area contributed by atoms with Gasteiger partial charge < -0.3 is 4.79 Å². The fourth-order valence-electron chi connectivity index (χ4n) is 2.54. The maximum Gasteiger partial charge on any atom is 0.143 e. The average Bonchev–Trinajstić information content (AvgIpc) is 2.46. The summed E-state index contributed by atoms with van der Waals surface area (Å²) in [5.74, 6) is -0.156. The molecule has 0 spiro atoms. The van der Waals surface area contributed by atoms with E-state index in [1.54, 1.807) is 0 Å². The summed E-state index contributed by atoms with van der Waals surface area (Å²) in [5.41, 5.74) is 0. The van der Waals surface area contributed by atoms with E-state index in [9.17, 15) is 9.59 Å². The first-order valence-corrected chi connectivity index (χ1v) is 8.74. The van der Waals surface area contributed by atoms with Crippen molar-refractivity contribution >= 4 is 12.1 Å². The lowest BCUT2D eigenvalue weighted by Gasteiger charge is -2.09. The van der Waals surface area contributed by atoms with Gasteiger partial charge in [-0.2, -0.15) is 0 Å². The molecule has 0 heterocycles. The molecule has 0 aliphatic rings. The van der Waals surface area contributed by atoms with E-state index in [-0.39, 0.29) is 11.7 Å². The predicted octanol–water partition coefficient (Wildman–Crippen LogP) is 5.48. The molecule has 0 N–H and O–H groups in total. The maximum absolute atomic E-state index is 11.9. The SMILES string of the molecule is CCCCCCCCCC(=O)C(C=O)CCCCCC. The molecule has 2 nitrogen and oxygen atoms in total. The van der Waals surface area contributed by atoms with E-state index < -0.39 is 0 Å². The third kappa shape index (κ3) is 11.2. The third-order valence-electron chi connectivity index (χ3n) is 3.97. The minimum atomic E-state index is -0.327. The molecule has 0 radical (unpaired) electrons. The van der Waals surface area contributed by atoms with Crippen molar-refractivity contribution in [2.45, 2.75) is 97.3 Å². The van der Waals surface area contributed by atoms with Gasteiger partial charge in [-0.3, -0.25) is 4.79 Å². The van der Waals surface area contributed by atoms with Crippen molar-refractivity contribution in [3.8, 4) is 0 Å². The van der Waals surface area contributed by atoms with Crippen molar-refractivity contribution in [1.82, 2.24) is 0 Å². The molecule has 0 bridgehead atoms. The number of ketones is 1. The van der Waals surface area contributed by atoms with Gasteiger partial charge in [-0.1, -0.05) is 78.1 Å². The normalized spacial score (nSPS) is 12.3. The summed E-state index contributed by atoms with van der Waals surface area (Å²) in [7, 11) is 0. The predicted molar refractivity (Wildman–Crippen MR) is 85.9 cm³/mol. The van der Waals surface area contributed by atoms with Crippen LogP contribution in [0, 0.1) is 5.92 Å². The zero-order chi connectivity index (χ0) is 15.1. The summed E-state index contributed by atoms with van der Waals surface area (Å²) >= 11 is 0. The van der Waals surface area contributed by atoms with E-state index in [1.165, 1.54) is 44.9 Å². The van der Waals surface area contributed by atoms with E-state index in [1.807, 2.05) is 0 Å². The fourth-order valence-corrected chi connectivity index (χ4v) is 2.54. The van der Waals surface area contributed by atoms with Crippen LogP contribution in [-0.2, 0) is 9.59 Å². The Bertz CT molecular complexity index is 236. The molecule has 1 atom stereocenters.